The molecule has 2 heteroatoms. The molecule has 1 aliphatic carbocycles. The first-order valence-electron chi connectivity index (χ1n) is 8.99. The highest BCUT2D eigenvalue weighted by Crippen LogP contribution is 2.42. The molecule has 0 bridgehead atoms. The highest BCUT2D eigenvalue weighted by atomic mass is 16.3. The SMILES string of the molecule is CCC/C(C)=C1/C(=O)/C(O)=C(/C)C(CC)C=CC[C@@H](C)C1(C)C. The van der Waals surface area contributed by atoms with Gasteiger partial charge in [0.05, 0.1) is 0 Å². The smallest absolute Gasteiger partial charge is 0.223 e. The topological polar surface area (TPSA) is 37.3 Å². The maximum Gasteiger partial charge on any atom is 0.223 e. The number of aliphatic hydroxyl groups is 1. The molecule has 0 radical (unpaired) electrons. The van der Waals surface area contributed by atoms with Crippen molar-refractivity contribution < 1.29 is 9.90 Å². The van der Waals surface area contributed by atoms with Gasteiger partial charge in [-0.2, -0.15) is 0 Å². The number of ketones is 1. The lowest BCUT2D eigenvalue weighted by molar-refractivity contribution is -0.116. The molecule has 0 spiro atoms. The number of hydrogen-bond acceptors (Lipinski definition) is 2. The minimum atomic E-state index is -0.256. The molecule has 23 heavy (non-hydrogen) atoms. The van der Waals surface area contributed by atoms with Gasteiger partial charge in [0.2, 0.25) is 5.78 Å². The maximum atomic E-state index is 13.1. The van der Waals surface area contributed by atoms with Crippen molar-refractivity contribution in [2.45, 2.75) is 74.1 Å². The molecule has 0 aliphatic heterocycles. The Morgan fingerprint density at radius 2 is 1.96 bits per heavy atom. The van der Waals surface area contributed by atoms with Crippen molar-refractivity contribution in [2.24, 2.45) is 17.3 Å². The van der Waals surface area contributed by atoms with Gasteiger partial charge in [-0.3, -0.25) is 4.79 Å². The summed E-state index contributed by atoms with van der Waals surface area (Å²) in [5, 5.41) is 10.6. The van der Waals surface area contributed by atoms with E-state index in [2.05, 4.69) is 46.8 Å². The van der Waals surface area contributed by atoms with E-state index >= 15 is 0 Å². The first-order chi connectivity index (χ1) is 10.7. The summed E-state index contributed by atoms with van der Waals surface area (Å²) in [6.45, 7) is 14.6. The van der Waals surface area contributed by atoms with Crippen molar-refractivity contribution in [3.8, 4) is 0 Å². The summed E-state index contributed by atoms with van der Waals surface area (Å²) in [4.78, 5) is 13.1. The van der Waals surface area contributed by atoms with Gasteiger partial charge in [-0.25, -0.2) is 0 Å². The lowest BCUT2D eigenvalue weighted by Gasteiger charge is -2.36. The second-order valence-corrected chi connectivity index (χ2v) is 7.57. The zero-order valence-corrected chi connectivity index (χ0v) is 16.0. The third-order valence-corrected chi connectivity index (χ3v) is 5.60. The third kappa shape index (κ3) is 4.16. The molecule has 0 saturated carbocycles. The normalized spacial score (nSPS) is 31.2. The van der Waals surface area contributed by atoms with Gasteiger partial charge in [0.15, 0.2) is 5.76 Å². The van der Waals surface area contributed by atoms with Gasteiger partial charge in [0, 0.05) is 11.5 Å². The average Bonchev–Trinajstić information content (AvgIpc) is 2.49. The Kier molecular flexibility index (Phi) is 6.85. The van der Waals surface area contributed by atoms with Crippen LogP contribution in [-0.2, 0) is 4.79 Å². The fourth-order valence-corrected chi connectivity index (χ4v) is 3.58. The van der Waals surface area contributed by atoms with Crippen LogP contribution >= 0.6 is 0 Å². The molecule has 130 valence electrons. The van der Waals surface area contributed by atoms with Crippen molar-refractivity contribution in [3.05, 3.63) is 34.6 Å². The van der Waals surface area contributed by atoms with E-state index in [0.717, 1.165) is 42.4 Å². The van der Waals surface area contributed by atoms with Gasteiger partial charge in [-0.1, -0.05) is 58.8 Å². The molecule has 1 unspecified atom stereocenters. The number of carbonyl (C=O) groups is 1. The number of allylic oxidation sites excluding steroid dienone is 5. The summed E-state index contributed by atoms with van der Waals surface area (Å²) in [6.07, 6.45) is 8.13. The molecular weight excluding hydrogens is 284 g/mol. The molecule has 0 heterocycles. The molecule has 0 fully saturated rings. The molecule has 0 aromatic carbocycles. The highest BCUT2D eigenvalue weighted by Gasteiger charge is 2.37. The Morgan fingerprint density at radius 1 is 1.35 bits per heavy atom. The Morgan fingerprint density at radius 3 is 2.48 bits per heavy atom. The summed E-state index contributed by atoms with van der Waals surface area (Å²) >= 11 is 0. The lowest BCUT2D eigenvalue weighted by atomic mass is 9.68. The molecule has 0 saturated heterocycles. The second-order valence-electron chi connectivity index (χ2n) is 7.57. The van der Waals surface area contributed by atoms with Gasteiger partial charge in [0.1, 0.15) is 0 Å². The number of carbonyl (C=O) groups excluding carboxylic acids is 1. The predicted octanol–water partition coefficient (Wildman–Crippen LogP) is 6.15. The van der Waals surface area contributed by atoms with Gasteiger partial charge in [-0.15, -0.1) is 0 Å². The molecule has 0 aromatic rings. The number of rotatable bonds is 3. The zero-order valence-electron chi connectivity index (χ0n) is 16.0. The largest absolute Gasteiger partial charge is 0.504 e. The minimum absolute atomic E-state index is 0.0471. The molecule has 2 atom stereocenters. The van der Waals surface area contributed by atoms with E-state index in [0.29, 0.717) is 5.92 Å². The highest BCUT2D eigenvalue weighted by molar-refractivity contribution is 6.08. The minimum Gasteiger partial charge on any atom is -0.504 e. The summed E-state index contributed by atoms with van der Waals surface area (Å²) < 4.78 is 0. The summed E-state index contributed by atoms with van der Waals surface area (Å²) in [5.41, 5.74) is 2.47. The molecule has 2 nitrogen and oxygen atoms in total. The number of Topliss-reactive ketones (excluding diaryl/α,β-unsaturated/α-hetero) is 1. The van der Waals surface area contributed by atoms with E-state index in [9.17, 15) is 9.90 Å². The van der Waals surface area contributed by atoms with Gasteiger partial charge >= 0.3 is 0 Å². The Hall–Kier alpha value is -1.31. The van der Waals surface area contributed by atoms with Gasteiger partial charge in [0.25, 0.3) is 0 Å². The van der Waals surface area contributed by atoms with Crippen molar-refractivity contribution in [2.75, 3.05) is 0 Å². The van der Waals surface area contributed by atoms with Crippen LogP contribution in [0.2, 0.25) is 0 Å². The monoisotopic (exact) mass is 318 g/mol. The lowest BCUT2D eigenvalue weighted by Crippen LogP contribution is -2.31. The van der Waals surface area contributed by atoms with Crippen LogP contribution in [0, 0.1) is 17.3 Å². The van der Waals surface area contributed by atoms with Gasteiger partial charge < -0.3 is 5.11 Å². The molecule has 1 N–H and O–H groups in total. The van der Waals surface area contributed by atoms with E-state index in [4.69, 9.17) is 0 Å². The second kappa shape index (κ2) is 7.99. The predicted molar refractivity (Wildman–Crippen MR) is 98.4 cm³/mol. The molecule has 1 rings (SSSR count). The Bertz CT molecular complexity index is 532. The van der Waals surface area contributed by atoms with Gasteiger partial charge in [-0.05, 0) is 50.0 Å². The van der Waals surface area contributed by atoms with E-state index in [1.165, 1.54) is 0 Å². The Labute approximate surface area is 142 Å². The fraction of sp³-hybridized carbons (Fsp3) is 0.667. The van der Waals surface area contributed by atoms with E-state index in [1.54, 1.807) is 0 Å². The van der Waals surface area contributed by atoms with Crippen molar-refractivity contribution in [3.63, 3.8) is 0 Å². The van der Waals surface area contributed by atoms with Crippen LogP contribution in [0.15, 0.2) is 34.6 Å². The van der Waals surface area contributed by atoms with Crippen LogP contribution in [0.5, 0.6) is 0 Å². The zero-order chi connectivity index (χ0) is 17.8. The quantitative estimate of drug-likeness (QED) is 0.500. The number of hydrogen-bond donors (Lipinski definition) is 1. The molecular formula is C21H34O2. The molecule has 1 aliphatic rings. The average molecular weight is 319 g/mol. The summed E-state index contributed by atoms with van der Waals surface area (Å²) in [6, 6.07) is 0. The van der Waals surface area contributed by atoms with Crippen LogP contribution in [0.4, 0.5) is 0 Å². The van der Waals surface area contributed by atoms with E-state index in [1.807, 2.05) is 13.8 Å². The van der Waals surface area contributed by atoms with E-state index < -0.39 is 0 Å². The van der Waals surface area contributed by atoms with Crippen molar-refractivity contribution >= 4 is 5.78 Å². The molecule has 0 aromatic heterocycles. The van der Waals surface area contributed by atoms with Crippen LogP contribution in [0.25, 0.3) is 0 Å². The van der Waals surface area contributed by atoms with Crippen LogP contribution in [0.1, 0.15) is 74.1 Å². The number of aliphatic hydroxyl groups excluding tert-OH is 1. The molecule has 0 amide bonds. The standard InChI is InChI=1S/C21H34O2/c1-8-11-14(3)18-20(23)19(22)16(5)17(9-2)13-10-12-15(4)21(18,6)7/h10,13,15,17,22H,8-9,11-12H2,1-7H3/b13-10?,18-14-,19-16+/t15-,17?/m1/s1. The summed E-state index contributed by atoms with van der Waals surface area (Å²) in [7, 11) is 0. The summed E-state index contributed by atoms with van der Waals surface area (Å²) in [5.74, 6) is 0.265. The first kappa shape index (κ1) is 19.7. The first-order valence-corrected chi connectivity index (χ1v) is 8.99. The van der Waals surface area contributed by atoms with Crippen molar-refractivity contribution in [1.82, 2.24) is 0 Å². The van der Waals surface area contributed by atoms with E-state index in [-0.39, 0.29) is 22.9 Å². The fourth-order valence-electron chi connectivity index (χ4n) is 3.58. The Balaban J connectivity index is 3.58. The van der Waals surface area contributed by atoms with Crippen LogP contribution in [-0.4, -0.2) is 10.9 Å². The van der Waals surface area contributed by atoms with Crippen LogP contribution < -0.4 is 0 Å². The van der Waals surface area contributed by atoms with Crippen LogP contribution in [0.3, 0.4) is 0 Å². The maximum absolute atomic E-state index is 13.1. The van der Waals surface area contributed by atoms with Crippen molar-refractivity contribution in [1.29, 1.82) is 0 Å². The third-order valence-electron chi connectivity index (χ3n) is 5.60.